The van der Waals surface area contributed by atoms with Crippen molar-refractivity contribution in [2.24, 2.45) is 0 Å². The summed E-state index contributed by atoms with van der Waals surface area (Å²) in [5.74, 6) is -0.580. The number of aryl methyl sites for hydroxylation is 1. The highest BCUT2D eigenvalue weighted by molar-refractivity contribution is 6.35. The summed E-state index contributed by atoms with van der Waals surface area (Å²) < 4.78 is 0. The van der Waals surface area contributed by atoms with Gasteiger partial charge in [0.05, 0.1) is 17.2 Å². The number of nitrogens with zero attached hydrogens (tertiary/aromatic N) is 1. The van der Waals surface area contributed by atoms with Gasteiger partial charge in [-0.25, -0.2) is 0 Å². The molecule has 1 atom stereocenters. The monoisotopic (exact) mass is 525 g/mol. The number of aromatic nitrogens is 1. The van der Waals surface area contributed by atoms with E-state index in [9.17, 15) is 14.4 Å². The molecule has 3 amide bonds. The lowest BCUT2D eigenvalue weighted by molar-refractivity contribution is -0.110. The maximum atomic E-state index is 13.0. The van der Waals surface area contributed by atoms with Gasteiger partial charge in [-0.15, -0.1) is 0 Å². The minimum Gasteiger partial charge on any atom is -0.358 e. The molecule has 5 rings (SSSR count). The molecule has 8 heteroatoms. The lowest BCUT2D eigenvalue weighted by atomic mass is 10.0. The van der Waals surface area contributed by atoms with Gasteiger partial charge in [0.15, 0.2) is 0 Å². The Morgan fingerprint density at radius 2 is 1.79 bits per heavy atom. The highest BCUT2D eigenvalue weighted by Gasteiger charge is 2.27. The second kappa shape index (κ2) is 11.3. The summed E-state index contributed by atoms with van der Waals surface area (Å²) >= 11 is 0. The normalized spacial score (nSPS) is 16.7. The Bertz CT molecular complexity index is 1430. The Hall–Kier alpha value is -4.17. The summed E-state index contributed by atoms with van der Waals surface area (Å²) in [5.41, 5.74) is 6.07. The van der Waals surface area contributed by atoms with E-state index in [2.05, 4.69) is 25.8 Å². The number of H-pyrrole nitrogens is 1. The first-order valence-electron chi connectivity index (χ1n) is 13.5. The van der Waals surface area contributed by atoms with Crippen LogP contribution in [0.5, 0.6) is 0 Å². The fraction of sp³-hybridized carbons (Fsp3) is 0.323. The summed E-state index contributed by atoms with van der Waals surface area (Å²) in [6.45, 7) is 9.32. The van der Waals surface area contributed by atoms with Gasteiger partial charge >= 0.3 is 0 Å². The van der Waals surface area contributed by atoms with Crippen molar-refractivity contribution in [2.75, 3.05) is 31.5 Å². The fourth-order valence-electron chi connectivity index (χ4n) is 5.40. The Balaban J connectivity index is 1.34. The molecule has 0 saturated carbocycles. The van der Waals surface area contributed by atoms with Crippen molar-refractivity contribution in [3.05, 3.63) is 87.7 Å². The average Bonchev–Trinajstić information content (AvgIpc) is 3.62. The van der Waals surface area contributed by atoms with Crippen LogP contribution in [-0.2, 0) is 4.79 Å². The molecule has 39 heavy (non-hydrogen) atoms. The number of benzene rings is 2. The van der Waals surface area contributed by atoms with E-state index in [0.29, 0.717) is 40.2 Å². The summed E-state index contributed by atoms with van der Waals surface area (Å²) in [5, 5.41) is 8.95. The number of fused-ring (bicyclic) bond motifs is 1. The van der Waals surface area contributed by atoms with Crippen molar-refractivity contribution in [2.45, 2.75) is 39.7 Å². The molecule has 1 fully saturated rings. The van der Waals surface area contributed by atoms with Gasteiger partial charge < -0.3 is 25.8 Å². The molecule has 3 aromatic rings. The Kier molecular flexibility index (Phi) is 7.65. The molecule has 2 aliphatic heterocycles. The van der Waals surface area contributed by atoms with Crippen molar-refractivity contribution in [1.82, 2.24) is 20.5 Å². The quantitative estimate of drug-likeness (QED) is 0.326. The van der Waals surface area contributed by atoms with E-state index in [1.807, 2.05) is 51.1 Å². The van der Waals surface area contributed by atoms with Crippen molar-refractivity contribution >= 4 is 35.1 Å². The number of rotatable bonds is 8. The number of nitrogens with one attached hydrogen (secondary N) is 4. The summed E-state index contributed by atoms with van der Waals surface area (Å²) in [4.78, 5) is 44.6. The van der Waals surface area contributed by atoms with E-state index < -0.39 is 0 Å². The summed E-state index contributed by atoms with van der Waals surface area (Å²) in [6.07, 6.45) is 4.20. The molecule has 0 radical (unpaired) electrons. The number of aromatic amines is 1. The fourth-order valence-corrected chi connectivity index (χ4v) is 5.40. The predicted molar refractivity (Wildman–Crippen MR) is 154 cm³/mol. The topological polar surface area (TPSA) is 106 Å². The standard InChI is InChI=1S/C31H35N5O3/c1-19-27(33-21(3)28(19)31(39)32-13-16-36-14-7-8-15-36)18-25-24-17-23(11-12-26(24)35-30(25)38)29(37)34-20(2)22-9-5-4-6-10-22/h4-6,9-12,17-18,20,33H,7-8,13-16H2,1-3H3,(H,32,39)(H,34,37)(H,35,38)/t20-/m0/s1. The van der Waals surface area contributed by atoms with E-state index >= 15 is 0 Å². The third-order valence-electron chi connectivity index (χ3n) is 7.62. The highest BCUT2D eigenvalue weighted by Crippen LogP contribution is 2.35. The number of carbonyl (C=O) groups excluding carboxylic acids is 3. The Labute approximate surface area is 228 Å². The van der Waals surface area contributed by atoms with Crippen LogP contribution in [0, 0.1) is 13.8 Å². The summed E-state index contributed by atoms with van der Waals surface area (Å²) in [7, 11) is 0. The molecular formula is C31H35N5O3. The molecular weight excluding hydrogens is 490 g/mol. The maximum absolute atomic E-state index is 13.0. The lowest BCUT2D eigenvalue weighted by Crippen LogP contribution is -2.33. The van der Waals surface area contributed by atoms with Crippen LogP contribution in [0.1, 0.15) is 74.6 Å². The first-order chi connectivity index (χ1) is 18.8. The zero-order valence-electron chi connectivity index (χ0n) is 22.7. The van der Waals surface area contributed by atoms with Crippen LogP contribution in [0.4, 0.5) is 5.69 Å². The van der Waals surface area contributed by atoms with Crippen LogP contribution in [0.15, 0.2) is 48.5 Å². The van der Waals surface area contributed by atoms with E-state index in [-0.39, 0.29) is 23.8 Å². The minimum atomic E-state index is -0.247. The van der Waals surface area contributed by atoms with Crippen molar-refractivity contribution < 1.29 is 14.4 Å². The second-order valence-corrected chi connectivity index (χ2v) is 10.3. The lowest BCUT2D eigenvalue weighted by Gasteiger charge is -2.15. The van der Waals surface area contributed by atoms with Crippen LogP contribution < -0.4 is 16.0 Å². The molecule has 1 aromatic heterocycles. The van der Waals surface area contributed by atoms with Crippen molar-refractivity contribution in [3.8, 4) is 0 Å². The SMILES string of the molecule is Cc1[nH]c(C=C2C(=O)Nc3ccc(C(=O)N[C@@H](C)c4ccccc4)cc32)c(C)c1C(=O)NCCN1CCCC1. The number of carbonyl (C=O) groups is 3. The number of hydrogen-bond acceptors (Lipinski definition) is 4. The van der Waals surface area contributed by atoms with Gasteiger partial charge in [0.25, 0.3) is 17.7 Å². The molecule has 1 saturated heterocycles. The van der Waals surface area contributed by atoms with Crippen LogP contribution in [0.25, 0.3) is 11.6 Å². The number of likely N-dealkylation sites (tertiary alicyclic amines) is 1. The maximum Gasteiger partial charge on any atom is 0.256 e. The first-order valence-corrected chi connectivity index (χ1v) is 13.5. The van der Waals surface area contributed by atoms with E-state index in [0.717, 1.165) is 36.5 Å². The van der Waals surface area contributed by atoms with Crippen molar-refractivity contribution in [1.29, 1.82) is 0 Å². The van der Waals surface area contributed by atoms with Gasteiger partial charge in [0.2, 0.25) is 0 Å². The third-order valence-corrected chi connectivity index (χ3v) is 7.62. The molecule has 0 unspecified atom stereocenters. The van der Waals surface area contributed by atoms with E-state index in [1.54, 1.807) is 24.3 Å². The van der Waals surface area contributed by atoms with Crippen LogP contribution in [-0.4, -0.2) is 53.8 Å². The third kappa shape index (κ3) is 5.66. The minimum absolute atomic E-state index is 0.118. The largest absolute Gasteiger partial charge is 0.358 e. The van der Waals surface area contributed by atoms with Gasteiger partial charge in [-0.05, 0) is 82.1 Å². The van der Waals surface area contributed by atoms with Crippen LogP contribution >= 0.6 is 0 Å². The number of anilines is 1. The zero-order valence-corrected chi connectivity index (χ0v) is 22.7. The molecule has 2 aromatic carbocycles. The van der Waals surface area contributed by atoms with Gasteiger partial charge in [-0.2, -0.15) is 0 Å². The number of hydrogen-bond donors (Lipinski definition) is 4. The smallest absolute Gasteiger partial charge is 0.256 e. The molecule has 4 N–H and O–H groups in total. The number of amides is 3. The van der Waals surface area contributed by atoms with Crippen LogP contribution in [0.3, 0.4) is 0 Å². The van der Waals surface area contributed by atoms with Gasteiger partial charge in [-0.1, -0.05) is 30.3 Å². The molecule has 3 heterocycles. The average molecular weight is 526 g/mol. The Morgan fingerprint density at radius 3 is 2.54 bits per heavy atom. The molecule has 2 aliphatic rings. The van der Waals surface area contributed by atoms with E-state index in [1.165, 1.54) is 12.8 Å². The summed E-state index contributed by atoms with van der Waals surface area (Å²) in [6, 6.07) is 14.8. The van der Waals surface area contributed by atoms with Crippen LogP contribution in [0.2, 0.25) is 0 Å². The molecule has 0 bridgehead atoms. The van der Waals surface area contributed by atoms with Gasteiger partial charge in [0, 0.05) is 41.3 Å². The predicted octanol–water partition coefficient (Wildman–Crippen LogP) is 4.44. The molecule has 8 nitrogen and oxygen atoms in total. The van der Waals surface area contributed by atoms with Crippen molar-refractivity contribution in [3.63, 3.8) is 0 Å². The Morgan fingerprint density at radius 1 is 1.05 bits per heavy atom. The van der Waals surface area contributed by atoms with Gasteiger partial charge in [-0.3, -0.25) is 14.4 Å². The van der Waals surface area contributed by atoms with E-state index in [4.69, 9.17) is 0 Å². The highest BCUT2D eigenvalue weighted by atomic mass is 16.2. The molecule has 202 valence electrons. The van der Waals surface area contributed by atoms with Gasteiger partial charge in [0.1, 0.15) is 0 Å². The molecule has 0 aliphatic carbocycles. The first kappa shape index (κ1) is 26.4. The zero-order chi connectivity index (χ0) is 27.5. The molecule has 0 spiro atoms. The second-order valence-electron chi connectivity index (χ2n) is 10.3.